The fourth-order valence-corrected chi connectivity index (χ4v) is 1.10. The molecule has 66 valence electrons. The molecule has 0 aliphatic carbocycles. The number of hydrogen-bond acceptors (Lipinski definition) is 4. The van der Waals surface area contributed by atoms with E-state index in [-0.39, 0.29) is 5.75 Å². The van der Waals surface area contributed by atoms with E-state index in [0.29, 0.717) is 5.69 Å². The van der Waals surface area contributed by atoms with Gasteiger partial charge in [0.25, 0.3) is 0 Å². The van der Waals surface area contributed by atoms with Gasteiger partial charge in [0.1, 0.15) is 18.4 Å². The van der Waals surface area contributed by atoms with Gasteiger partial charge in [0.15, 0.2) is 0 Å². The SMILES string of the molecule is Nc1cc(O)ccc1-n1cnnc1. The van der Waals surface area contributed by atoms with Crippen LogP contribution in [0.25, 0.3) is 5.69 Å². The van der Waals surface area contributed by atoms with Gasteiger partial charge in [0.05, 0.1) is 11.4 Å². The summed E-state index contributed by atoms with van der Waals surface area (Å²) in [6.07, 6.45) is 3.09. The van der Waals surface area contributed by atoms with Crippen LogP contribution in [-0.4, -0.2) is 19.9 Å². The van der Waals surface area contributed by atoms with E-state index in [1.165, 1.54) is 6.07 Å². The van der Waals surface area contributed by atoms with Gasteiger partial charge in [-0.2, -0.15) is 0 Å². The summed E-state index contributed by atoms with van der Waals surface area (Å²) in [5.41, 5.74) is 6.91. The molecule has 0 bridgehead atoms. The zero-order chi connectivity index (χ0) is 9.26. The Morgan fingerprint density at radius 1 is 1.23 bits per heavy atom. The number of nitrogens with two attached hydrogens (primary N) is 1. The van der Waals surface area contributed by atoms with Crippen molar-refractivity contribution in [1.82, 2.24) is 14.8 Å². The monoisotopic (exact) mass is 176 g/mol. The van der Waals surface area contributed by atoms with Gasteiger partial charge in [-0.15, -0.1) is 10.2 Å². The van der Waals surface area contributed by atoms with Crippen LogP contribution in [0, 0.1) is 0 Å². The highest BCUT2D eigenvalue weighted by molar-refractivity contribution is 5.60. The van der Waals surface area contributed by atoms with Gasteiger partial charge in [-0.25, -0.2) is 0 Å². The van der Waals surface area contributed by atoms with Crippen LogP contribution in [0.1, 0.15) is 0 Å². The van der Waals surface area contributed by atoms with E-state index in [4.69, 9.17) is 10.8 Å². The number of aromatic nitrogens is 3. The number of aromatic hydroxyl groups is 1. The van der Waals surface area contributed by atoms with E-state index >= 15 is 0 Å². The average Bonchev–Trinajstić information content (AvgIpc) is 2.56. The third kappa shape index (κ3) is 1.31. The number of phenolic OH excluding ortho intramolecular Hbond substituents is 1. The minimum absolute atomic E-state index is 0.148. The molecule has 3 N–H and O–H groups in total. The minimum Gasteiger partial charge on any atom is -0.508 e. The first-order valence-corrected chi connectivity index (χ1v) is 3.71. The van der Waals surface area contributed by atoms with Crippen molar-refractivity contribution >= 4 is 5.69 Å². The van der Waals surface area contributed by atoms with Gasteiger partial charge in [-0.05, 0) is 12.1 Å². The molecule has 1 aromatic heterocycles. The summed E-state index contributed by atoms with van der Waals surface area (Å²) in [6.45, 7) is 0. The summed E-state index contributed by atoms with van der Waals surface area (Å²) in [4.78, 5) is 0. The first-order chi connectivity index (χ1) is 6.27. The average molecular weight is 176 g/mol. The number of rotatable bonds is 1. The highest BCUT2D eigenvalue weighted by Crippen LogP contribution is 2.21. The quantitative estimate of drug-likeness (QED) is 0.622. The molecule has 0 saturated carbocycles. The zero-order valence-electron chi connectivity index (χ0n) is 6.75. The van der Waals surface area contributed by atoms with Crippen molar-refractivity contribution in [2.45, 2.75) is 0 Å². The molecule has 1 aromatic carbocycles. The summed E-state index contributed by atoms with van der Waals surface area (Å²) >= 11 is 0. The molecule has 13 heavy (non-hydrogen) atoms. The van der Waals surface area contributed by atoms with E-state index in [1.54, 1.807) is 29.4 Å². The van der Waals surface area contributed by atoms with Crippen LogP contribution in [0.2, 0.25) is 0 Å². The number of anilines is 1. The van der Waals surface area contributed by atoms with E-state index in [0.717, 1.165) is 5.69 Å². The number of nitrogen functional groups attached to an aromatic ring is 1. The fraction of sp³-hybridized carbons (Fsp3) is 0. The first kappa shape index (κ1) is 7.60. The van der Waals surface area contributed by atoms with Crippen molar-refractivity contribution in [3.63, 3.8) is 0 Å². The van der Waals surface area contributed by atoms with Crippen LogP contribution < -0.4 is 5.73 Å². The Morgan fingerprint density at radius 3 is 2.54 bits per heavy atom. The maximum atomic E-state index is 9.11. The maximum absolute atomic E-state index is 9.11. The van der Waals surface area contributed by atoms with E-state index in [2.05, 4.69) is 10.2 Å². The number of hydrogen-bond donors (Lipinski definition) is 2. The zero-order valence-corrected chi connectivity index (χ0v) is 6.75. The van der Waals surface area contributed by atoms with Crippen LogP contribution >= 0.6 is 0 Å². The van der Waals surface area contributed by atoms with Crippen molar-refractivity contribution in [3.05, 3.63) is 30.9 Å². The van der Waals surface area contributed by atoms with Crippen LogP contribution in [0.5, 0.6) is 5.75 Å². The topological polar surface area (TPSA) is 77.0 Å². The van der Waals surface area contributed by atoms with E-state index in [9.17, 15) is 0 Å². The predicted molar refractivity (Wildman–Crippen MR) is 47.4 cm³/mol. The van der Waals surface area contributed by atoms with Crippen molar-refractivity contribution in [3.8, 4) is 11.4 Å². The highest BCUT2D eigenvalue weighted by Gasteiger charge is 2.01. The van der Waals surface area contributed by atoms with Crippen LogP contribution in [-0.2, 0) is 0 Å². The second-order valence-electron chi connectivity index (χ2n) is 2.61. The number of nitrogens with zero attached hydrogens (tertiary/aromatic N) is 3. The Bertz CT molecular complexity index is 410. The summed E-state index contributed by atoms with van der Waals surface area (Å²) in [5.74, 6) is 0.148. The molecule has 0 aliphatic heterocycles. The Balaban J connectivity index is 2.53. The molecule has 5 heteroatoms. The smallest absolute Gasteiger partial charge is 0.123 e. The lowest BCUT2D eigenvalue weighted by molar-refractivity contribution is 0.475. The molecule has 0 saturated heterocycles. The van der Waals surface area contributed by atoms with Crippen LogP contribution in [0.3, 0.4) is 0 Å². The lowest BCUT2D eigenvalue weighted by Crippen LogP contribution is -1.96. The van der Waals surface area contributed by atoms with Crippen molar-refractivity contribution < 1.29 is 5.11 Å². The van der Waals surface area contributed by atoms with Crippen molar-refractivity contribution in [1.29, 1.82) is 0 Å². The largest absolute Gasteiger partial charge is 0.508 e. The molecule has 0 aliphatic rings. The Kier molecular flexibility index (Phi) is 1.63. The fourth-order valence-electron chi connectivity index (χ4n) is 1.10. The van der Waals surface area contributed by atoms with Crippen molar-refractivity contribution in [2.75, 3.05) is 5.73 Å². The summed E-state index contributed by atoms with van der Waals surface area (Å²) in [6, 6.07) is 4.75. The lowest BCUT2D eigenvalue weighted by Gasteiger charge is -2.04. The first-order valence-electron chi connectivity index (χ1n) is 3.71. The Hall–Kier alpha value is -2.04. The molecule has 5 nitrogen and oxygen atoms in total. The van der Waals surface area contributed by atoms with Crippen LogP contribution in [0.4, 0.5) is 5.69 Å². The molecular formula is C8H8N4O. The standard InChI is InChI=1S/C8H8N4O/c9-7-3-6(13)1-2-8(7)12-4-10-11-5-12/h1-5,13H,9H2. The summed E-state index contributed by atoms with van der Waals surface area (Å²) in [7, 11) is 0. The second kappa shape index (κ2) is 2.78. The van der Waals surface area contributed by atoms with Crippen LogP contribution in [0.15, 0.2) is 30.9 Å². The van der Waals surface area contributed by atoms with Gasteiger partial charge >= 0.3 is 0 Å². The molecular weight excluding hydrogens is 168 g/mol. The summed E-state index contributed by atoms with van der Waals surface area (Å²) < 4.78 is 1.68. The Labute approximate surface area is 74.4 Å². The molecule has 0 radical (unpaired) electrons. The van der Waals surface area contributed by atoms with Gasteiger partial charge < -0.3 is 10.8 Å². The van der Waals surface area contributed by atoms with Gasteiger partial charge in [-0.1, -0.05) is 0 Å². The van der Waals surface area contributed by atoms with Gasteiger partial charge in [0, 0.05) is 6.07 Å². The molecule has 0 spiro atoms. The predicted octanol–water partition coefficient (Wildman–Crippen LogP) is 0.555. The normalized spacial score (nSPS) is 10.2. The summed E-state index contributed by atoms with van der Waals surface area (Å²) in [5, 5.41) is 16.4. The molecule has 0 amide bonds. The molecule has 0 unspecified atom stereocenters. The third-order valence-corrected chi connectivity index (χ3v) is 1.71. The number of phenols is 1. The maximum Gasteiger partial charge on any atom is 0.123 e. The Morgan fingerprint density at radius 2 is 1.92 bits per heavy atom. The molecule has 2 rings (SSSR count). The number of benzene rings is 1. The lowest BCUT2D eigenvalue weighted by atomic mass is 10.2. The third-order valence-electron chi connectivity index (χ3n) is 1.71. The molecule has 1 heterocycles. The van der Waals surface area contributed by atoms with E-state index in [1.807, 2.05) is 0 Å². The van der Waals surface area contributed by atoms with Gasteiger partial charge in [0.2, 0.25) is 0 Å². The molecule has 2 aromatic rings. The highest BCUT2D eigenvalue weighted by atomic mass is 16.3. The van der Waals surface area contributed by atoms with E-state index < -0.39 is 0 Å². The minimum atomic E-state index is 0.148. The molecule has 0 atom stereocenters. The molecule has 0 fully saturated rings. The van der Waals surface area contributed by atoms with Crippen molar-refractivity contribution in [2.24, 2.45) is 0 Å². The van der Waals surface area contributed by atoms with Gasteiger partial charge in [-0.3, -0.25) is 4.57 Å². The second-order valence-corrected chi connectivity index (χ2v) is 2.61.